The SMILES string of the molecule is CC12C(=O)N(c3ccc(C(=O)N(CCO)CCO)cc3)C(=O)C1C1(C)C(=O)N(c3ccc(C(=O)N(CCO)CCO)cc3)C(=O)C21. The molecule has 1 saturated carbocycles. The molecule has 2 saturated heterocycles. The maximum Gasteiger partial charge on any atom is 0.254 e. The van der Waals surface area contributed by atoms with Crippen LogP contribution in [0.1, 0.15) is 34.6 Å². The number of carbonyl (C=O) groups excluding carboxylic acids is 6. The summed E-state index contributed by atoms with van der Waals surface area (Å²) in [7, 11) is 0. The van der Waals surface area contributed by atoms with Crippen molar-refractivity contribution < 1.29 is 49.2 Å². The molecule has 2 aliphatic heterocycles. The molecule has 0 aromatic heterocycles. The minimum Gasteiger partial charge on any atom is -0.395 e. The number of aliphatic hydroxyl groups is 4. The molecule has 14 nitrogen and oxygen atoms in total. The average molecular weight is 637 g/mol. The maximum absolute atomic E-state index is 13.9. The minimum absolute atomic E-state index is 0.0133. The molecule has 3 aliphatic rings. The van der Waals surface area contributed by atoms with Crippen molar-refractivity contribution >= 4 is 46.8 Å². The first-order valence-electron chi connectivity index (χ1n) is 14.9. The van der Waals surface area contributed by atoms with E-state index < -0.39 is 58.1 Å². The Morgan fingerprint density at radius 1 is 0.587 bits per heavy atom. The van der Waals surface area contributed by atoms with E-state index in [1.807, 2.05) is 0 Å². The van der Waals surface area contributed by atoms with Gasteiger partial charge in [-0.25, -0.2) is 9.80 Å². The fourth-order valence-electron chi connectivity index (χ4n) is 7.42. The van der Waals surface area contributed by atoms with Crippen molar-refractivity contribution in [2.24, 2.45) is 22.7 Å². The highest BCUT2D eigenvalue weighted by Crippen LogP contribution is 2.71. The van der Waals surface area contributed by atoms with Gasteiger partial charge in [0.15, 0.2) is 0 Å². The molecule has 6 amide bonds. The Morgan fingerprint density at radius 2 is 0.870 bits per heavy atom. The highest BCUT2D eigenvalue weighted by molar-refractivity contribution is 6.34. The quantitative estimate of drug-likeness (QED) is 0.215. The zero-order valence-electron chi connectivity index (χ0n) is 25.5. The van der Waals surface area contributed by atoms with Gasteiger partial charge in [0, 0.05) is 37.3 Å². The Labute approximate surface area is 264 Å². The van der Waals surface area contributed by atoms with Crippen molar-refractivity contribution in [3.8, 4) is 0 Å². The first kappa shape index (κ1) is 32.9. The summed E-state index contributed by atoms with van der Waals surface area (Å²) in [6.07, 6.45) is 0. The van der Waals surface area contributed by atoms with Crippen LogP contribution in [0, 0.1) is 22.7 Å². The van der Waals surface area contributed by atoms with Gasteiger partial charge in [-0.1, -0.05) is 0 Å². The van der Waals surface area contributed by atoms with Gasteiger partial charge < -0.3 is 30.2 Å². The summed E-state index contributed by atoms with van der Waals surface area (Å²) in [6.45, 7) is 1.89. The fourth-order valence-corrected chi connectivity index (χ4v) is 7.42. The lowest BCUT2D eigenvalue weighted by molar-refractivity contribution is -0.179. The Hall–Kier alpha value is -4.50. The van der Waals surface area contributed by atoms with Gasteiger partial charge in [0.05, 0.1) is 60.5 Å². The van der Waals surface area contributed by atoms with Crippen LogP contribution < -0.4 is 9.80 Å². The number of amides is 6. The number of carbonyl (C=O) groups is 6. The molecule has 0 atom stereocenters. The first-order valence-corrected chi connectivity index (χ1v) is 14.9. The van der Waals surface area contributed by atoms with E-state index in [-0.39, 0.29) is 75.1 Å². The monoisotopic (exact) mass is 636 g/mol. The number of nitrogens with zero attached hydrogens (tertiary/aromatic N) is 4. The van der Waals surface area contributed by atoms with Crippen molar-refractivity contribution in [3.63, 3.8) is 0 Å². The average Bonchev–Trinajstić information content (AvgIpc) is 3.33. The molecular weight excluding hydrogens is 600 g/mol. The van der Waals surface area contributed by atoms with Gasteiger partial charge in [-0.05, 0) is 62.4 Å². The van der Waals surface area contributed by atoms with E-state index in [4.69, 9.17) is 0 Å². The Balaban J connectivity index is 1.38. The molecular formula is C32H36N4O10. The lowest BCUT2D eigenvalue weighted by Crippen LogP contribution is -2.65. The predicted octanol–water partition coefficient (Wildman–Crippen LogP) is -0.755. The van der Waals surface area contributed by atoms with Gasteiger partial charge >= 0.3 is 0 Å². The molecule has 0 spiro atoms. The molecule has 5 rings (SSSR count). The number of rotatable bonds is 12. The third-order valence-electron chi connectivity index (χ3n) is 9.46. The Bertz CT molecular complexity index is 1440. The van der Waals surface area contributed by atoms with E-state index in [9.17, 15) is 49.2 Å². The number of anilines is 2. The number of benzene rings is 2. The third-order valence-corrected chi connectivity index (χ3v) is 9.46. The summed E-state index contributed by atoms with van der Waals surface area (Å²) in [5.74, 6) is -5.68. The zero-order chi connectivity index (χ0) is 33.6. The molecule has 0 bridgehead atoms. The third kappa shape index (κ3) is 4.71. The number of hydrogen-bond donors (Lipinski definition) is 4. The Kier molecular flexibility index (Phi) is 8.84. The van der Waals surface area contributed by atoms with Gasteiger partial charge in [-0.3, -0.25) is 28.8 Å². The summed E-state index contributed by atoms with van der Waals surface area (Å²) in [5, 5.41) is 37.0. The van der Waals surface area contributed by atoms with Crippen LogP contribution in [0.15, 0.2) is 48.5 Å². The smallest absolute Gasteiger partial charge is 0.254 e. The van der Waals surface area contributed by atoms with Crippen molar-refractivity contribution in [1.82, 2.24) is 9.80 Å². The van der Waals surface area contributed by atoms with Gasteiger partial charge in [0.1, 0.15) is 0 Å². The largest absolute Gasteiger partial charge is 0.395 e. The highest BCUT2D eigenvalue weighted by Gasteiger charge is 2.85. The van der Waals surface area contributed by atoms with E-state index in [0.717, 1.165) is 9.80 Å². The van der Waals surface area contributed by atoms with Crippen LogP contribution in [0.2, 0.25) is 0 Å². The lowest BCUT2D eigenvalue weighted by Gasteiger charge is -2.53. The second-order valence-corrected chi connectivity index (χ2v) is 12.0. The van der Waals surface area contributed by atoms with Crippen LogP contribution >= 0.6 is 0 Å². The van der Waals surface area contributed by atoms with E-state index in [0.29, 0.717) is 0 Å². The summed E-state index contributed by atoms with van der Waals surface area (Å²) in [5.41, 5.74) is -2.21. The molecule has 14 heteroatoms. The molecule has 0 unspecified atom stereocenters. The van der Waals surface area contributed by atoms with Crippen molar-refractivity contribution in [1.29, 1.82) is 0 Å². The summed E-state index contributed by atoms with van der Waals surface area (Å²) in [4.78, 5) is 85.5. The summed E-state index contributed by atoms with van der Waals surface area (Å²) >= 11 is 0. The van der Waals surface area contributed by atoms with E-state index in [1.54, 1.807) is 0 Å². The van der Waals surface area contributed by atoms with Crippen LogP contribution in [0.3, 0.4) is 0 Å². The second kappa shape index (κ2) is 12.4. The van der Waals surface area contributed by atoms with Crippen molar-refractivity contribution in [3.05, 3.63) is 59.7 Å². The first-order chi connectivity index (χ1) is 21.9. The topological polar surface area (TPSA) is 196 Å². The summed E-state index contributed by atoms with van der Waals surface area (Å²) < 4.78 is 0. The molecule has 2 aromatic carbocycles. The molecule has 0 radical (unpaired) electrons. The normalized spacial score (nSPS) is 25.0. The number of hydrogen-bond acceptors (Lipinski definition) is 10. The van der Waals surface area contributed by atoms with E-state index in [1.165, 1.54) is 72.2 Å². The van der Waals surface area contributed by atoms with E-state index in [2.05, 4.69) is 0 Å². The van der Waals surface area contributed by atoms with Crippen LogP contribution in [0.5, 0.6) is 0 Å². The molecule has 1 aliphatic carbocycles. The van der Waals surface area contributed by atoms with Crippen molar-refractivity contribution in [2.75, 3.05) is 62.4 Å². The van der Waals surface area contributed by atoms with Gasteiger partial charge in [-0.2, -0.15) is 0 Å². The van der Waals surface area contributed by atoms with Gasteiger partial charge in [-0.15, -0.1) is 0 Å². The molecule has 2 aromatic rings. The second-order valence-electron chi connectivity index (χ2n) is 12.0. The molecule has 4 N–H and O–H groups in total. The Morgan fingerprint density at radius 3 is 1.13 bits per heavy atom. The van der Waals surface area contributed by atoms with Crippen LogP contribution in [-0.4, -0.2) is 118 Å². The van der Waals surface area contributed by atoms with Crippen LogP contribution in [0.4, 0.5) is 11.4 Å². The zero-order valence-corrected chi connectivity index (χ0v) is 25.5. The minimum atomic E-state index is -1.49. The molecule has 46 heavy (non-hydrogen) atoms. The molecule has 2 heterocycles. The predicted molar refractivity (Wildman–Crippen MR) is 161 cm³/mol. The van der Waals surface area contributed by atoms with Gasteiger partial charge in [0.2, 0.25) is 23.6 Å². The maximum atomic E-state index is 13.9. The number of fused-ring (bicyclic) bond motifs is 4. The van der Waals surface area contributed by atoms with Crippen LogP contribution in [0.25, 0.3) is 0 Å². The standard InChI is InChI=1S/C32H36N4O10/c1-31-23(27(43)35(29(31)45)21-7-3-19(4-8-21)25(41)33(11-15-37)12-16-38)32(2)24(31)28(44)36(30(32)46)22-9-5-20(6-10-22)26(42)34(13-17-39)14-18-40/h3-10,23-24,37-40H,11-18H2,1-2H3. The number of aliphatic hydroxyl groups excluding tert-OH is 4. The molecule has 244 valence electrons. The summed E-state index contributed by atoms with van der Waals surface area (Å²) in [6, 6.07) is 11.4. The molecule has 3 fully saturated rings. The fraction of sp³-hybridized carbons (Fsp3) is 0.438. The number of imide groups is 2. The van der Waals surface area contributed by atoms with Crippen LogP contribution in [-0.2, 0) is 19.2 Å². The van der Waals surface area contributed by atoms with Gasteiger partial charge in [0.25, 0.3) is 11.8 Å². The van der Waals surface area contributed by atoms with Crippen molar-refractivity contribution in [2.45, 2.75) is 13.8 Å². The lowest BCUT2D eigenvalue weighted by atomic mass is 9.41. The van der Waals surface area contributed by atoms with E-state index >= 15 is 0 Å². The highest BCUT2D eigenvalue weighted by atomic mass is 16.3.